The quantitative estimate of drug-likeness (QED) is 0.481. The molecule has 0 saturated heterocycles. The van der Waals surface area contributed by atoms with Gasteiger partial charge in [-0.1, -0.05) is 31.2 Å². The number of hydrogen-bond acceptors (Lipinski definition) is 4. The molecule has 0 radical (unpaired) electrons. The van der Waals surface area contributed by atoms with Crippen LogP contribution in [0.3, 0.4) is 0 Å². The lowest BCUT2D eigenvalue weighted by molar-refractivity contribution is -0.124. The van der Waals surface area contributed by atoms with E-state index in [0.717, 1.165) is 29.7 Å². The molecular weight excluding hydrogens is 350 g/mol. The first-order chi connectivity index (χ1) is 13.6. The summed E-state index contributed by atoms with van der Waals surface area (Å²) in [5.41, 5.74) is 6.73. The van der Waals surface area contributed by atoms with Crippen LogP contribution in [-0.4, -0.2) is 34.8 Å². The molecule has 1 amide bonds. The van der Waals surface area contributed by atoms with Crippen LogP contribution in [-0.2, 0) is 11.3 Å². The molecule has 0 spiro atoms. The summed E-state index contributed by atoms with van der Waals surface area (Å²) in [5.74, 6) is -0.339. The maximum atomic E-state index is 12.4. The zero-order valence-corrected chi connectivity index (χ0v) is 16.7. The number of rotatable bonds is 8. The molecule has 1 heterocycles. The van der Waals surface area contributed by atoms with E-state index in [2.05, 4.69) is 46.4 Å². The molecule has 146 valence electrons. The number of anilines is 1. The van der Waals surface area contributed by atoms with Crippen LogP contribution in [0.2, 0.25) is 0 Å². The van der Waals surface area contributed by atoms with Crippen molar-refractivity contribution in [1.29, 1.82) is 0 Å². The van der Waals surface area contributed by atoms with Crippen molar-refractivity contribution in [3.63, 3.8) is 0 Å². The second-order valence-electron chi connectivity index (χ2n) is 6.78. The fourth-order valence-electron chi connectivity index (χ4n) is 3.17. The molecule has 1 atom stereocenters. The van der Waals surface area contributed by atoms with Crippen LogP contribution in [0, 0.1) is 5.92 Å². The molecule has 0 bridgehead atoms. The van der Waals surface area contributed by atoms with Gasteiger partial charge in [0.1, 0.15) is 0 Å². The number of carbonyl (C=O) groups is 1. The molecule has 3 aromatic rings. The summed E-state index contributed by atoms with van der Waals surface area (Å²) in [7, 11) is 0. The Bertz CT molecular complexity index is 941. The summed E-state index contributed by atoms with van der Waals surface area (Å²) in [6, 6.07) is 16.1. The van der Waals surface area contributed by atoms with Crippen LogP contribution in [0.15, 0.2) is 60.0 Å². The van der Waals surface area contributed by atoms with Gasteiger partial charge in [-0.3, -0.25) is 4.79 Å². The number of para-hydroxylation sites is 2. The summed E-state index contributed by atoms with van der Waals surface area (Å²) >= 11 is 0. The van der Waals surface area contributed by atoms with E-state index in [0.29, 0.717) is 6.54 Å². The number of amides is 1. The Labute approximate surface area is 165 Å². The van der Waals surface area contributed by atoms with Crippen LogP contribution < -0.4 is 10.3 Å². The Morgan fingerprint density at radius 3 is 2.61 bits per heavy atom. The second kappa shape index (κ2) is 9.17. The topological polar surface area (TPSA) is 62.5 Å². The first kappa shape index (κ1) is 19.6. The van der Waals surface area contributed by atoms with Crippen molar-refractivity contribution in [3.05, 3.63) is 60.4 Å². The van der Waals surface area contributed by atoms with Crippen LogP contribution in [0.4, 0.5) is 5.69 Å². The molecule has 0 aliphatic carbocycles. The zero-order chi connectivity index (χ0) is 19.9. The van der Waals surface area contributed by atoms with Crippen molar-refractivity contribution in [2.24, 2.45) is 11.0 Å². The number of nitrogens with one attached hydrogen (secondary N) is 1. The fourth-order valence-corrected chi connectivity index (χ4v) is 3.17. The van der Waals surface area contributed by atoms with Crippen LogP contribution >= 0.6 is 0 Å². The predicted molar refractivity (Wildman–Crippen MR) is 115 cm³/mol. The lowest BCUT2D eigenvalue weighted by atomic mass is 10.1. The highest BCUT2D eigenvalue weighted by Gasteiger charge is 2.14. The van der Waals surface area contributed by atoms with E-state index < -0.39 is 0 Å². The molecule has 0 aliphatic heterocycles. The summed E-state index contributed by atoms with van der Waals surface area (Å²) in [6.07, 6.45) is 3.44. The maximum Gasteiger partial charge on any atom is 0.244 e. The normalized spacial score (nSPS) is 12.4. The van der Waals surface area contributed by atoms with Crippen molar-refractivity contribution < 1.29 is 4.79 Å². The lowest BCUT2D eigenvalue weighted by Crippen LogP contribution is -2.28. The minimum atomic E-state index is -0.222. The monoisotopic (exact) mass is 377 g/mol. The first-order valence-corrected chi connectivity index (χ1v) is 9.70. The van der Waals surface area contributed by atoms with Gasteiger partial charge in [0.15, 0.2) is 0 Å². The average Bonchev–Trinajstić information content (AvgIpc) is 3.13. The Hall–Kier alpha value is -3.15. The number of benzene rings is 2. The highest BCUT2D eigenvalue weighted by atomic mass is 16.2. The summed E-state index contributed by atoms with van der Waals surface area (Å²) in [5, 5.41) is 4.11. The number of imidazole rings is 1. The first-order valence-electron chi connectivity index (χ1n) is 9.70. The highest BCUT2D eigenvalue weighted by Crippen LogP contribution is 2.15. The smallest absolute Gasteiger partial charge is 0.244 e. The number of hydrogen-bond donors (Lipinski definition) is 1. The van der Waals surface area contributed by atoms with Gasteiger partial charge in [-0.2, -0.15) is 5.10 Å². The molecule has 1 N–H and O–H groups in total. The fraction of sp³-hybridized carbons (Fsp3) is 0.318. The molecule has 6 nitrogen and oxygen atoms in total. The van der Waals surface area contributed by atoms with Gasteiger partial charge in [-0.05, 0) is 43.7 Å². The third-order valence-electron chi connectivity index (χ3n) is 4.86. The number of nitrogens with zero attached hydrogens (tertiary/aromatic N) is 4. The zero-order valence-electron chi connectivity index (χ0n) is 16.7. The Morgan fingerprint density at radius 1 is 1.18 bits per heavy atom. The van der Waals surface area contributed by atoms with E-state index in [-0.39, 0.29) is 11.8 Å². The number of hydrazone groups is 1. The molecule has 0 saturated carbocycles. The van der Waals surface area contributed by atoms with E-state index in [1.54, 1.807) is 12.5 Å². The van der Waals surface area contributed by atoms with Gasteiger partial charge in [0.25, 0.3) is 0 Å². The molecule has 2 aromatic carbocycles. The van der Waals surface area contributed by atoms with Crippen molar-refractivity contribution in [2.45, 2.75) is 27.3 Å². The third kappa shape index (κ3) is 4.57. The van der Waals surface area contributed by atoms with E-state index in [4.69, 9.17) is 0 Å². The average molecular weight is 377 g/mol. The van der Waals surface area contributed by atoms with Crippen LogP contribution in [0.5, 0.6) is 0 Å². The Kier molecular flexibility index (Phi) is 6.42. The van der Waals surface area contributed by atoms with Crippen LogP contribution in [0.25, 0.3) is 11.0 Å². The van der Waals surface area contributed by atoms with Gasteiger partial charge in [0, 0.05) is 25.3 Å². The predicted octanol–water partition coefficient (Wildman–Crippen LogP) is 3.67. The van der Waals surface area contributed by atoms with E-state index in [1.165, 1.54) is 5.69 Å². The summed E-state index contributed by atoms with van der Waals surface area (Å²) in [4.78, 5) is 19.0. The molecule has 0 fully saturated rings. The highest BCUT2D eigenvalue weighted by molar-refractivity contribution is 5.83. The summed E-state index contributed by atoms with van der Waals surface area (Å²) in [6.45, 7) is 8.68. The molecule has 1 aromatic heterocycles. The van der Waals surface area contributed by atoms with Gasteiger partial charge in [-0.15, -0.1) is 0 Å². The molecule has 0 unspecified atom stereocenters. The molecule has 6 heteroatoms. The Balaban J connectivity index is 1.55. The molecule has 28 heavy (non-hydrogen) atoms. The molecule has 0 aliphatic rings. The van der Waals surface area contributed by atoms with E-state index in [1.807, 2.05) is 47.9 Å². The minimum absolute atomic E-state index is 0.117. The summed E-state index contributed by atoms with van der Waals surface area (Å²) < 4.78 is 2.00. The van der Waals surface area contributed by atoms with E-state index in [9.17, 15) is 4.79 Å². The van der Waals surface area contributed by atoms with E-state index >= 15 is 0 Å². The number of aromatic nitrogens is 2. The largest absolute Gasteiger partial charge is 0.372 e. The van der Waals surface area contributed by atoms with Crippen LogP contribution in [0.1, 0.15) is 26.3 Å². The van der Waals surface area contributed by atoms with Gasteiger partial charge < -0.3 is 9.47 Å². The Morgan fingerprint density at radius 2 is 1.89 bits per heavy atom. The lowest BCUT2D eigenvalue weighted by Gasteiger charge is -2.20. The standard InChI is InChI=1S/C22H27N5O/c1-4-26(5-2)19-12-10-18(11-13-19)14-24-25-22(28)17(3)15-27-16-23-20-8-6-7-9-21(20)27/h6-14,16-17H,4-5,15H2,1-3H3,(H,25,28)/b24-14-/t17-/m0/s1. The SMILES string of the molecule is CCN(CC)c1ccc(/C=N\NC(=O)[C@@H](C)Cn2cnc3ccccc32)cc1. The third-order valence-corrected chi connectivity index (χ3v) is 4.86. The van der Waals surface area contributed by atoms with Crippen molar-refractivity contribution >= 4 is 28.8 Å². The van der Waals surface area contributed by atoms with Gasteiger partial charge in [-0.25, -0.2) is 10.4 Å². The maximum absolute atomic E-state index is 12.4. The van der Waals surface area contributed by atoms with Gasteiger partial charge in [0.05, 0.1) is 29.5 Å². The second-order valence-corrected chi connectivity index (χ2v) is 6.78. The number of carbonyl (C=O) groups excluding carboxylic acids is 1. The van der Waals surface area contributed by atoms with Crippen molar-refractivity contribution in [1.82, 2.24) is 15.0 Å². The minimum Gasteiger partial charge on any atom is -0.372 e. The molecular formula is C22H27N5O. The number of fused-ring (bicyclic) bond motifs is 1. The van der Waals surface area contributed by atoms with Gasteiger partial charge >= 0.3 is 0 Å². The van der Waals surface area contributed by atoms with Crippen molar-refractivity contribution in [2.75, 3.05) is 18.0 Å². The van der Waals surface area contributed by atoms with Crippen molar-refractivity contribution in [3.8, 4) is 0 Å². The molecule has 3 rings (SSSR count). The van der Waals surface area contributed by atoms with Gasteiger partial charge in [0.2, 0.25) is 5.91 Å².